The normalized spacial score (nSPS) is 14.1. The lowest BCUT2D eigenvalue weighted by atomic mass is 10.1. The fourth-order valence-corrected chi connectivity index (χ4v) is 2.01. The van der Waals surface area contributed by atoms with Crippen molar-refractivity contribution in [1.29, 1.82) is 0 Å². The highest BCUT2D eigenvalue weighted by Crippen LogP contribution is 2.36. The van der Waals surface area contributed by atoms with E-state index in [-0.39, 0.29) is 18.7 Å². The van der Waals surface area contributed by atoms with Crippen molar-refractivity contribution in [2.24, 2.45) is 0 Å². The van der Waals surface area contributed by atoms with Crippen LogP contribution in [0.2, 0.25) is 0 Å². The van der Waals surface area contributed by atoms with Gasteiger partial charge in [-0.2, -0.15) is 5.10 Å². The van der Waals surface area contributed by atoms with Crippen molar-refractivity contribution in [3.05, 3.63) is 35.7 Å². The molecule has 7 nitrogen and oxygen atoms in total. The monoisotopic (exact) mass is 274 g/mol. The van der Waals surface area contributed by atoms with Gasteiger partial charge in [0.1, 0.15) is 0 Å². The lowest BCUT2D eigenvalue weighted by Crippen LogP contribution is -2.27. The summed E-state index contributed by atoms with van der Waals surface area (Å²) in [7, 11) is 0. The van der Waals surface area contributed by atoms with E-state index in [0.29, 0.717) is 22.7 Å². The molecule has 4 N–H and O–H groups in total. The highest BCUT2D eigenvalue weighted by atomic mass is 16.7. The highest BCUT2D eigenvalue weighted by molar-refractivity contribution is 6.00. The SMILES string of the molecule is CC(NC(=O)c1cc2c(cc1N)OCO2)c1cn[nH]c1. The predicted octanol–water partition coefficient (Wildman–Crippen LogP) is 1.21. The zero-order chi connectivity index (χ0) is 14.1. The predicted molar refractivity (Wildman–Crippen MR) is 71.4 cm³/mol. The molecule has 20 heavy (non-hydrogen) atoms. The minimum absolute atomic E-state index is 0.144. The quantitative estimate of drug-likeness (QED) is 0.730. The summed E-state index contributed by atoms with van der Waals surface area (Å²) in [5, 5.41) is 9.41. The number of carbonyl (C=O) groups is 1. The number of hydrogen-bond acceptors (Lipinski definition) is 5. The number of fused-ring (bicyclic) bond motifs is 1. The summed E-state index contributed by atoms with van der Waals surface area (Å²) in [6.45, 7) is 2.01. The van der Waals surface area contributed by atoms with E-state index in [1.807, 2.05) is 6.92 Å². The molecule has 0 fully saturated rings. The number of nitrogens with two attached hydrogens (primary N) is 1. The van der Waals surface area contributed by atoms with Crippen molar-refractivity contribution in [3.8, 4) is 11.5 Å². The van der Waals surface area contributed by atoms with Gasteiger partial charge in [0.05, 0.1) is 17.8 Å². The van der Waals surface area contributed by atoms with Gasteiger partial charge in [-0.1, -0.05) is 0 Å². The first-order valence-electron chi connectivity index (χ1n) is 6.14. The molecular formula is C13H14N4O3. The summed E-state index contributed by atoms with van der Waals surface area (Å²) < 4.78 is 10.5. The summed E-state index contributed by atoms with van der Waals surface area (Å²) in [4.78, 5) is 12.3. The van der Waals surface area contributed by atoms with Crippen LogP contribution >= 0.6 is 0 Å². The number of aromatic amines is 1. The Kier molecular flexibility index (Phi) is 2.94. The molecule has 104 valence electrons. The molecule has 7 heteroatoms. The van der Waals surface area contributed by atoms with Gasteiger partial charge in [-0.3, -0.25) is 9.89 Å². The number of H-pyrrole nitrogens is 1. The van der Waals surface area contributed by atoms with Crippen molar-refractivity contribution < 1.29 is 14.3 Å². The number of ether oxygens (including phenoxy) is 2. The van der Waals surface area contributed by atoms with Gasteiger partial charge in [-0.05, 0) is 13.0 Å². The van der Waals surface area contributed by atoms with Gasteiger partial charge in [-0.15, -0.1) is 0 Å². The maximum Gasteiger partial charge on any atom is 0.253 e. The Labute approximate surface area is 115 Å². The summed E-state index contributed by atoms with van der Waals surface area (Å²) in [5.41, 5.74) is 7.48. The number of nitrogens with zero attached hydrogens (tertiary/aromatic N) is 1. The van der Waals surface area contributed by atoms with E-state index in [1.54, 1.807) is 24.5 Å². The Morgan fingerprint density at radius 2 is 2.20 bits per heavy atom. The first-order chi connectivity index (χ1) is 9.65. The minimum atomic E-state index is -0.269. The molecule has 0 bridgehead atoms. The highest BCUT2D eigenvalue weighted by Gasteiger charge is 2.21. The Morgan fingerprint density at radius 1 is 1.45 bits per heavy atom. The van der Waals surface area contributed by atoms with Crippen LogP contribution in [0.4, 0.5) is 5.69 Å². The number of nitrogens with one attached hydrogen (secondary N) is 2. The Balaban J connectivity index is 1.81. The maximum atomic E-state index is 12.3. The van der Waals surface area contributed by atoms with Crippen molar-refractivity contribution in [3.63, 3.8) is 0 Å². The van der Waals surface area contributed by atoms with Crippen molar-refractivity contribution >= 4 is 11.6 Å². The van der Waals surface area contributed by atoms with Crippen LogP contribution in [-0.2, 0) is 0 Å². The second-order valence-corrected chi connectivity index (χ2v) is 4.52. The zero-order valence-electron chi connectivity index (χ0n) is 10.8. The van der Waals surface area contributed by atoms with Gasteiger partial charge in [-0.25, -0.2) is 0 Å². The summed E-state index contributed by atoms with van der Waals surface area (Å²) in [6, 6.07) is 3.01. The third-order valence-corrected chi connectivity index (χ3v) is 3.16. The molecule has 1 aliphatic heterocycles. The van der Waals surface area contributed by atoms with Gasteiger partial charge in [0, 0.05) is 23.5 Å². The largest absolute Gasteiger partial charge is 0.454 e. The van der Waals surface area contributed by atoms with Crippen LogP contribution in [0.3, 0.4) is 0 Å². The summed E-state index contributed by atoms with van der Waals surface area (Å²) in [5.74, 6) is 0.816. The Hall–Kier alpha value is -2.70. The molecule has 1 aromatic heterocycles. The third kappa shape index (κ3) is 2.13. The molecule has 2 aromatic rings. The standard InChI is InChI=1S/C13H14N4O3/c1-7(8-4-15-16-5-8)17-13(18)9-2-11-12(3-10(9)14)20-6-19-11/h2-5,7H,6,14H2,1H3,(H,15,16)(H,17,18). The van der Waals surface area contributed by atoms with Gasteiger partial charge in [0.25, 0.3) is 5.91 Å². The molecule has 0 saturated heterocycles. The first-order valence-corrected chi connectivity index (χ1v) is 6.14. The van der Waals surface area contributed by atoms with Crippen LogP contribution in [0.5, 0.6) is 11.5 Å². The smallest absolute Gasteiger partial charge is 0.253 e. The molecule has 0 aliphatic carbocycles. The molecule has 1 aromatic carbocycles. The molecule has 1 atom stereocenters. The molecular weight excluding hydrogens is 260 g/mol. The lowest BCUT2D eigenvalue weighted by molar-refractivity contribution is 0.0940. The number of aromatic nitrogens is 2. The van der Waals surface area contributed by atoms with Crippen LogP contribution in [0.25, 0.3) is 0 Å². The molecule has 3 rings (SSSR count). The van der Waals surface area contributed by atoms with Crippen LogP contribution in [0, 0.1) is 0 Å². The Morgan fingerprint density at radius 3 is 2.90 bits per heavy atom. The van der Waals surface area contributed by atoms with Crippen LogP contribution in [0.15, 0.2) is 24.5 Å². The van der Waals surface area contributed by atoms with Gasteiger partial charge < -0.3 is 20.5 Å². The van der Waals surface area contributed by atoms with Crippen LogP contribution < -0.4 is 20.5 Å². The molecule has 2 heterocycles. The molecule has 1 unspecified atom stereocenters. The lowest BCUT2D eigenvalue weighted by Gasteiger charge is -2.13. The number of hydrogen-bond donors (Lipinski definition) is 3. The molecule has 1 aliphatic rings. The number of rotatable bonds is 3. The second-order valence-electron chi connectivity index (χ2n) is 4.52. The number of carbonyl (C=O) groups excluding carboxylic acids is 1. The fourth-order valence-electron chi connectivity index (χ4n) is 2.01. The fraction of sp³-hybridized carbons (Fsp3) is 0.231. The number of anilines is 1. The van der Waals surface area contributed by atoms with Crippen LogP contribution in [0.1, 0.15) is 28.9 Å². The zero-order valence-corrected chi connectivity index (χ0v) is 10.8. The topological polar surface area (TPSA) is 102 Å². The second kappa shape index (κ2) is 4.76. The summed E-state index contributed by atoms with van der Waals surface area (Å²) in [6.07, 6.45) is 3.39. The van der Waals surface area contributed by atoms with E-state index in [2.05, 4.69) is 15.5 Å². The van der Waals surface area contributed by atoms with Crippen molar-refractivity contribution in [2.75, 3.05) is 12.5 Å². The van der Waals surface area contributed by atoms with Gasteiger partial charge >= 0.3 is 0 Å². The van der Waals surface area contributed by atoms with E-state index in [4.69, 9.17) is 15.2 Å². The van der Waals surface area contributed by atoms with E-state index in [1.165, 1.54) is 0 Å². The Bertz CT molecular complexity index is 639. The van der Waals surface area contributed by atoms with E-state index in [9.17, 15) is 4.79 Å². The van der Waals surface area contributed by atoms with E-state index >= 15 is 0 Å². The van der Waals surface area contributed by atoms with Gasteiger partial charge in [0.2, 0.25) is 6.79 Å². The summed E-state index contributed by atoms with van der Waals surface area (Å²) >= 11 is 0. The molecule has 0 saturated carbocycles. The molecule has 0 spiro atoms. The van der Waals surface area contributed by atoms with E-state index in [0.717, 1.165) is 5.56 Å². The van der Waals surface area contributed by atoms with Gasteiger partial charge in [0.15, 0.2) is 11.5 Å². The minimum Gasteiger partial charge on any atom is -0.454 e. The number of nitrogen functional groups attached to an aromatic ring is 1. The first kappa shape index (κ1) is 12.3. The molecule has 1 amide bonds. The average molecular weight is 274 g/mol. The van der Waals surface area contributed by atoms with Crippen LogP contribution in [-0.4, -0.2) is 22.9 Å². The maximum absolute atomic E-state index is 12.3. The number of benzene rings is 1. The van der Waals surface area contributed by atoms with Crippen molar-refractivity contribution in [2.45, 2.75) is 13.0 Å². The molecule has 0 radical (unpaired) electrons. The van der Waals surface area contributed by atoms with E-state index < -0.39 is 0 Å². The average Bonchev–Trinajstić information content (AvgIpc) is 3.08. The third-order valence-electron chi connectivity index (χ3n) is 3.16. The number of amides is 1. The van der Waals surface area contributed by atoms with Crippen molar-refractivity contribution in [1.82, 2.24) is 15.5 Å².